The predicted molar refractivity (Wildman–Crippen MR) is 61.7 cm³/mol. The lowest BCUT2D eigenvalue weighted by Crippen LogP contribution is -2.08. The topological polar surface area (TPSA) is 38.0 Å². The van der Waals surface area contributed by atoms with Gasteiger partial charge in [0.1, 0.15) is 5.82 Å². The molecule has 0 saturated carbocycles. The minimum Gasteiger partial charge on any atom is -0.321 e. The lowest BCUT2D eigenvalue weighted by molar-refractivity contribution is 0.630. The zero-order chi connectivity index (χ0) is 10.4. The number of benzene rings is 1. The summed E-state index contributed by atoms with van der Waals surface area (Å²) in [6.07, 6.45) is 4.69. The SMILES string of the molecule is NNc1ccc(C=CCCS)cc1F. The van der Waals surface area contributed by atoms with Gasteiger partial charge in [0.05, 0.1) is 5.69 Å². The molecule has 14 heavy (non-hydrogen) atoms. The van der Waals surface area contributed by atoms with Crippen molar-refractivity contribution in [2.24, 2.45) is 5.84 Å². The van der Waals surface area contributed by atoms with Gasteiger partial charge in [0.25, 0.3) is 0 Å². The molecule has 1 aromatic carbocycles. The maximum Gasteiger partial charge on any atom is 0.148 e. The van der Waals surface area contributed by atoms with E-state index in [1.54, 1.807) is 12.1 Å². The molecule has 76 valence electrons. The van der Waals surface area contributed by atoms with Crippen molar-refractivity contribution in [3.8, 4) is 0 Å². The Balaban J connectivity index is 2.76. The van der Waals surface area contributed by atoms with Crippen molar-refractivity contribution in [3.63, 3.8) is 0 Å². The Morgan fingerprint density at radius 3 is 2.86 bits per heavy atom. The van der Waals surface area contributed by atoms with Gasteiger partial charge < -0.3 is 5.43 Å². The second-order valence-corrected chi connectivity index (χ2v) is 3.25. The summed E-state index contributed by atoms with van der Waals surface area (Å²) in [5.74, 6) is 5.55. The van der Waals surface area contributed by atoms with Crippen LogP contribution < -0.4 is 11.3 Å². The van der Waals surface area contributed by atoms with Gasteiger partial charge in [-0.05, 0) is 29.9 Å². The van der Waals surface area contributed by atoms with Crippen LogP contribution in [0.15, 0.2) is 24.3 Å². The number of halogens is 1. The van der Waals surface area contributed by atoms with Crippen LogP contribution in [0.3, 0.4) is 0 Å². The molecule has 2 nitrogen and oxygen atoms in total. The fourth-order valence-corrected chi connectivity index (χ4v) is 1.20. The van der Waals surface area contributed by atoms with E-state index in [2.05, 4.69) is 18.1 Å². The number of hydrogen-bond acceptors (Lipinski definition) is 3. The van der Waals surface area contributed by atoms with Gasteiger partial charge in [-0.15, -0.1) is 0 Å². The predicted octanol–water partition coefficient (Wildman–Crippen LogP) is 2.44. The minimum absolute atomic E-state index is 0.302. The molecule has 0 aliphatic rings. The fourth-order valence-electron chi connectivity index (χ4n) is 1.05. The normalized spacial score (nSPS) is 10.8. The summed E-state index contributed by atoms with van der Waals surface area (Å²) < 4.78 is 13.2. The number of nitrogens with two attached hydrogens (primary N) is 1. The van der Waals surface area contributed by atoms with Crippen LogP contribution in [0, 0.1) is 5.82 Å². The first-order valence-electron chi connectivity index (χ1n) is 4.31. The molecular weight excluding hydrogens is 199 g/mol. The molecular formula is C10H13FN2S. The average molecular weight is 212 g/mol. The Hall–Kier alpha value is -1.00. The third-order valence-corrected chi connectivity index (χ3v) is 2.01. The van der Waals surface area contributed by atoms with E-state index in [4.69, 9.17) is 5.84 Å². The molecule has 0 saturated heterocycles. The first-order chi connectivity index (χ1) is 6.77. The highest BCUT2D eigenvalue weighted by molar-refractivity contribution is 7.80. The average Bonchev–Trinajstić information content (AvgIpc) is 2.18. The summed E-state index contributed by atoms with van der Waals surface area (Å²) in [7, 11) is 0. The Bertz CT molecular complexity index is 326. The lowest BCUT2D eigenvalue weighted by Gasteiger charge is -2.01. The van der Waals surface area contributed by atoms with Gasteiger partial charge in [0.2, 0.25) is 0 Å². The maximum absolute atomic E-state index is 13.2. The molecule has 0 atom stereocenters. The molecule has 0 aromatic heterocycles. The van der Waals surface area contributed by atoms with E-state index in [-0.39, 0.29) is 5.82 Å². The molecule has 0 aliphatic carbocycles. The summed E-state index contributed by atoms with van der Waals surface area (Å²) in [5.41, 5.74) is 3.40. The van der Waals surface area contributed by atoms with Crippen LogP contribution in [0.2, 0.25) is 0 Å². The van der Waals surface area contributed by atoms with E-state index in [1.807, 2.05) is 12.2 Å². The Morgan fingerprint density at radius 2 is 2.29 bits per heavy atom. The van der Waals surface area contributed by atoms with Crippen molar-refractivity contribution in [1.82, 2.24) is 0 Å². The molecule has 4 heteroatoms. The van der Waals surface area contributed by atoms with Crippen LogP contribution in [0.5, 0.6) is 0 Å². The molecule has 0 aliphatic heterocycles. The maximum atomic E-state index is 13.2. The van der Waals surface area contributed by atoms with Gasteiger partial charge in [-0.3, -0.25) is 5.84 Å². The van der Waals surface area contributed by atoms with Gasteiger partial charge in [-0.25, -0.2) is 4.39 Å². The van der Waals surface area contributed by atoms with Crippen molar-refractivity contribution < 1.29 is 4.39 Å². The Morgan fingerprint density at radius 1 is 1.50 bits per heavy atom. The molecule has 3 N–H and O–H groups in total. The molecule has 1 rings (SSSR count). The van der Waals surface area contributed by atoms with E-state index in [0.29, 0.717) is 5.69 Å². The number of allylic oxidation sites excluding steroid dienone is 1. The van der Waals surface area contributed by atoms with Gasteiger partial charge >= 0.3 is 0 Å². The first kappa shape index (κ1) is 11.1. The van der Waals surface area contributed by atoms with Crippen LogP contribution in [-0.2, 0) is 0 Å². The van der Waals surface area contributed by atoms with Crippen molar-refractivity contribution in [3.05, 3.63) is 35.7 Å². The van der Waals surface area contributed by atoms with Crippen LogP contribution in [0.25, 0.3) is 6.08 Å². The van der Waals surface area contributed by atoms with Crippen LogP contribution in [-0.4, -0.2) is 5.75 Å². The molecule has 0 fully saturated rings. The highest BCUT2D eigenvalue weighted by Crippen LogP contribution is 2.15. The fraction of sp³-hybridized carbons (Fsp3) is 0.200. The quantitative estimate of drug-likeness (QED) is 0.407. The summed E-state index contributed by atoms with van der Waals surface area (Å²) in [6, 6.07) is 4.84. The van der Waals surface area contributed by atoms with Crippen molar-refractivity contribution in [2.45, 2.75) is 6.42 Å². The largest absolute Gasteiger partial charge is 0.321 e. The molecule has 1 aromatic rings. The van der Waals surface area contributed by atoms with Crippen LogP contribution in [0.4, 0.5) is 10.1 Å². The number of thiol groups is 1. The van der Waals surface area contributed by atoms with Gasteiger partial charge in [-0.1, -0.05) is 18.2 Å². The second kappa shape index (κ2) is 5.67. The number of anilines is 1. The van der Waals surface area contributed by atoms with E-state index in [9.17, 15) is 4.39 Å². The number of rotatable bonds is 4. The van der Waals surface area contributed by atoms with E-state index >= 15 is 0 Å². The molecule has 0 spiro atoms. The number of nitrogens with one attached hydrogen (secondary N) is 1. The van der Waals surface area contributed by atoms with Gasteiger partial charge in [0, 0.05) is 0 Å². The molecule has 0 radical (unpaired) electrons. The molecule has 0 unspecified atom stereocenters. The van der Waals surface area contributed by atoms with E-state index in [0.717, 1.165) is 17.7 Å². The molecule has 0 amide bonds. The summed E-state index contributed by atoms with van der Waals surface area (Å²) in [4.78, 5) is 0. The first-order valence-corrected chi connectivity index (χ1v) is 4.94. The highest BCUT2D eigenvalue weighted by atomic mass is 32.1. The summed E-state index contributed by atoms with van der Waals surface area (Å²) in [5, 5.41) is 0. The lowest BCUT2D eigenvalue weighted by atomic mass is 10.2. The van der Waals surface area contributed by atoms with Crippen molar-refractivity contribution >= 4 is 24.4 Å². The Kier molecular flexibility index (Phi) is 4.49. The van der Waals surface area contributed by atoms with Crippen LogP contribution in [0.1, 0.15) is 12.0 Å². The second-order valence-electron chi connectivity index (χ2n) is 2.80. The van der Waals surface area contributed by atoms with Gasteiger partial charge in [-0.2, -0.15) is 12.6 Å². The third kappa shape index (κ3) is 3.05. The highest BCUT2D eigenvalue weighted by Gasteiger charge is 1.99. The number of hydrogen-bond donors (Lipinski definition) is 3. The summed E-state index contributed by atoms with van der Waals surface area (Å²) in [6.45, 7) is 0. The zero-order valence-corrected chi connectivity index (χ0v) is 8.60. The monoisotopic (exact) mass is 212 g/mol. The molecule has 0 heterocycles. The van der Waals surface area contributed by atoms with E-state index in [1.165, 1.54) is 6.07 Å². The third-order valence-electron chi connectivity index (χ3n) is 1.75. The molecule has 0 bridgehead atoms. The van der Waals surface area contributed by atoms with Crippen molar-refractivity contribution in [1.29, 1.82) is 0 Å². The van der Waals surface area contributed by atoms with Crippen LogP contribution >= 0.6 is 12.6 Å². The standard InChI is InChI=1S/C10H13FN2S/c11-9-7-8(3-1-2-6-14)4-5-10(9)13-12/h1,3-5,7,13-14H,2,6,12H2. The summed E-state index contributed by atoms with van der Waals surface area (Å²) >= 11 is 4.07. The number of nitrogen functional groups attached to an aromatic ring is 1. The van der Waals surface area contributed by atoms with Gasteiger partial charge in [0.15, 0.2) is 0 Å². The number of hydrazine groups is 1. The van der Waals surface area contributed by atoms with E-state index < -0.39 is 0 Å². The van der Waals surface area contributed by atoms with Crippen molar-refractivity contribution in [2.75, 3.05) is 11.2 Å². The Labute approximate surface area is 88.4 Å². The zero-order valence-electron chi connectivity index (χ0n) is 7.70. The minimum atomic E-state index is -0.347. The smallest absolute Gasteiger partial charge is 0.148 e.